The average molecular weight is 308 g/mol. The number of furan rings is 1. The van der Waals surface area contributed by atoms with Crippen molar-refractivity contribution in [1.82, 2.24) is 9.97 Å². The van der Waals surface area contributed by atoms with Crippen LogP contribution in [0.5, 0.6) is 5.88 Å². The van der Waals surface area contributed by atoms with Crippen molar-refractivity contribution in [3.05, 3.63) is 23.7 Å². The molecule has 4 N–H and O–H groups in total. The van der Waals surface area contributed by atoms with E-state index in [9.17, 15) is 9.90 Å². The Morgan fingerprint density at radius 1 is 1.48 bits per heavy atom. The fourth-order valence-corrected chi connectivity index (χ4v) is 1.73. The Balaban J connectivity index is 2.13. The SMILES string of the molecule is Nc1nc(S)nc(O)c1/N=C/c1ccc(CCC(=O)O)o1. The number of carboxylic acids is 1. The van der Waals surface area contributed by atoms with Crippen LogP contribution in [0.4, 0.5) is 11.5 Å². The summed E-state index contributed by atoms with van der Waals surface area (Å²) in [6.07, 6.45) is 1.60. The molecule has 0 atom stereocenters. The first-order valence-electron chi connectivity index (χ1n) is 5.85. The Hall–Kier alpha value is -2.55. The number of aliphatic carboxylic acids is 1. The number of thiol groups is 1. The second kappa shape index (κ2) is 6.27. The van der Waals surface area contributed by atoms with Crippen LogP contribution in [0.1, 0.15) is 17.9 Å². The zero-order valence-electron chi connectivity index (χ0n) is 10.7. The quantitative estimate of drug-likeness (QED) is 0.372. The fraction of sp³-hybridized carbons (Fsp3) is 0.167. The molecule has 2 rings (SSSR count). The van der Waals surface area contributed by atoms with E-state index in [2.05, 4.69) is 27.6 Å². The Morgan fingerprint density at radius 2 is 2.24 bits per heavy atom. The van der Waals surface area contributed by atoms with Crippen molar-refractivity contribution >= 4 is 36.3 Å². The third-order valence-electron chi connectivity index (χ3n) is 2.47. The van der Waals surface area contributed by atoms with Crippen molar-refractivity contribution in [2.45, 2.75) is 18.0 Å². The topological polar surface area (TPSA) is 135 Å². The largest absolute Gasteiger partial charge is 0.492 e. The number of hydrogen-bond donors (Lipinski definition) is 4. The van der Waals surface area contributed by atoms with Crippen LogP contribution in [0.3, 0.4) is 0 Å². The van der Waals surface area contributed by atoms with Gasteiger partial charge in [0.15, 0.2) is 16.7 Å². The highest BCUT2D eigenvalue weighted by molar-refractivity contribution is 7.80. The number of aryl methyl sites for hydroxylation is 1. The number of carbonyl (C=O) groups is 1. The van der Waals surface area contributed by atoms with E-state index in [4.69, 9.17) is 15.3 Å². The predicted molar refractivity (Wildman–Crippen MR) is 77.3 cm³/mol. The molecule has 0 aliphatic heterocycles. The molecule has 0 saturated carbocycles. The van der Waals surface area contributed by atoms with Gasteiger partial charge in [0.1, 0.15) is 11.5 Å². The maximum atomic E-state index is 10.5. The molecule has 0 saturated heterocycles. The first kappa shape index (κ1) is 14.9. The molecule has 2 heterocycles. The Morgan fingerprint density at radius 3 is 2.90 bits per heavy atom. The summed E-state index contributed by atoms with van der Waals surface area (Å²) >= 11 is 3.87. The maximum Gasteiger partial charge on any atom is 0.303 e. The molecule has 0 amide bonds. The molecule has 2 aromatic heterocycles. The van der Waals surface area contributed by atoms with Crippen molar-refractivity contribution < 1.29 is 19.4 Å². The molecule has 0 spiro atoms. The maximum absolute atomic E-state index is 10.5. The van der Waals surface area contributed by atoms with Crippen molar-refractivity contribution in [3.63, 3.8) is 0 Å². The molecule has 110 valence electrons. The van der Waals surface area contributed by atoms with Crippen LogP contribution < -0.4 is 5.73 Å². The molecule has 0 bridgehead atoms. The van der Waals surface area contributed by atoms with Gasteiger partial charge in [-0.25, -0.2) is 9.98 Å². The van der Waals surface area contributed by atoms with Crippen molar-refractivity contribution in [1.29, 1.82) is 0 Å². The first-order chi connectivity index (χ1) is 9.95. The normalized spacial score (nSPS) is 11.1. The van der Waals surface area contributed by atoms with Crippen LogP contribution in [0.25, 0.3) is 0 Å². The lowest BCUT2D eigenvalue weighted by Crippen LogP contribution is -1.96. The minimum absolute atomic E-state index is 0.0104. The van der Waals surface area contributed by atoms with Gasteiger partial charge in [-0.1, -0.05) is 0 Å². The van der Waals surface area contributed by atoms with E-state index in [0.29, 0.717) is 11.5 Å². The van der Waals surface area contributed by atoms with Gasteiger partial charge in [-0.15, -0.1) is 12.6 Å². The highest BCUT2D eigenvalue weighted by atomic mass is 32.1. The Bertz CT molecular complexity index is 675. The molecule has 0 aliphatic rings. The van der Waals surface area contributed by atoms with Gasteiger partial charge in [-0.2, -0.15) is 4.98 Å². The summed E-state index contributed by atoms with van der Waals surface area (Å²) in [6.45, 7) is 0. The number of aromatic nitrogens is 2. The lowest BCUT2D eigenvalue weighted by Gasteiger charge is -2.01. The number of carboxylic acid groups (broad SMARTS) is 1. The van der Waals surface area contributed by atoms with Crippen molar-refractivity contribution in [2.75, 3.05) is 5.73 Å². The minimum atomic E-state index is -0.900. The standard InChI is InChI=1S/C12H12N4O4S/c13-10-9(11(19)16-12(21)15-10)14-5-7-2-1-6(20-7)3-4-8(17)18/h1-2,5H,3-4H2,(H,17,18)(H4,13,15,16,19,21)/b14-5+. The number of nitrogens with zero attached hydrogens (tertiary/aromatic N) is 3. The summed E-state index contributed by atoms with van der Waals surface area (Å²) in [4.78, 5) is 21.8. The molecular formula is C12H12N4O4S. The molecule has 0 fully saturated rings. The van der Waals surface area contributed by atoms with E-state index in [1.54, 1.807) is 12.1 Å². The van der Waals surface area contributed by atoms with Crippen LogP contribution in [-0.2, 0) is 11.2 Å². The fourth-order valence-electron chi connectivity index (χ4n) is 1.53. The summed E-state index contributed by atoms with van der Waals surface area (Å²) in [6, 6.07) is 3.28. The number of anilines is 1. The van der Waals surface area contributed by atoms with Crippen LogP contribution in [0, 0.1) is 0 Å². The zero-order chi connectivity index (χ0) is 15.4. The predicted octanol–water partition coefficient (Wildman–Crippen LogP) is 1.41. The zero-order valence-corrected chi connectivity index (χ0v) is 11.6. The lowest BCUT2D eigenvalue weighted by molar-refractivity contribution is -0.137. The molecule has 8 nitrogen and oxygen atoms in total. The smallest absolute Gasteiger partial charge is 0.303 e. The summed E-state index contributed by atoms with van der Waals surface area (Å²) < 4.78 is 5.37. The third kappa shape index (κ3) is 3.96. The lowest BCUT2D eigenvalue weighted by atomic mass is 10.2. The highest BCUT2D eigenvalue weighted by Gasteiger charge is 2.09. The highest BCUT2D eigenvalue weighted by Crippen LogP contribution is 2.30. The Labute approximate surface area is 124 Å². The van der Waals surface area contributed by atoms with E-state index in [1.807, 2.05) is 0 Å². The van der Waals surface area contributed by atoms with Gasteiger partial charge in [0.2, 0.25) is 5.88 Å². The number of rotatable bonds is 5. The van der Waals surface area contributed by atoms with Gasteiger partial charge in [-0.3, -0.25) is 4.79 Å². The number of hydrogen-bond acceptors (Lipinski definition) is 8. The summed E-state index contributed by atoms with van der Waals surface area (Å²) in [7, 11) is 0. The third-order valence-corrected chi connectivity index (χ3v) is 2.67. The van der Waals surface area contributed by atoms with Gasteiger partial charge in [-0.05, 0) is 12.1 Å². The van der Waals surface area contributed by atoms with Crippen molar-refractivity contribution in [3.8, 4) is 5.88 Å². The van der Waals surface area contributed by atoms with Gasteiger partial charge in [0.05, 0.1) is 12.6 Å². The van der Waals surface area contributed by atoms with Crippen LogP contribution in [0.15, 0.2) is 26.7 Å². The molecule has 0 aromatic carbocycles. The van der Waals surface area contributed by atoms with Crippen LogP contribution in [0.2, 0.25) is 0 Å². The number of nitrogens with two attached hydrogens (primary N) is 1. The van der Waals surface area contributed by atoms with Crippen molar-refractivity contribution in [2.24, 2.45) is 4.99 Å². The van der Waals surface area contributed by atoms with Gasteiger partial charge in [0.25, 0.3) is 0 Å². The van der Waals surface area contributed by atoms with E-state index in [-0.39, 0.29) is 35.4 Å². The molecule has 0 aliphatic carbocycles. The Kier molecular flexibility index (Phi) is 4.43. The van der Waals surface area contributed by atoms with Crippen LogP contribution >= 0.6 is 12.6 Å². The summed E-state index contributed by atoms with van der Waals surface area (Å²) in [5, 5.41) is 18.2. The number of nitrogen functional groups attached to an aromatic ring is 1. The molecule has 0 unspecified atom stereocenters. The first-order valence-corrected chi connectivity index (χ1v) is 6.30. The van der Waals surface area contributed by atoms with Gasteiger partial charge in [0, 0.05) is 6.42 Å². The van der Waals surface area contributed by atoms with Gasteiger partial charge >= 0.3 is 5.97 Å². The second-order valence-corrected chi connectivity index (χ2v) is 4.44. The summed E-state index contributed by atoms with van der Waals surface area (Å²) in [5.41, 5.74) is 5.61. The molecular weight excluding hydrogens is 296 g/mol. The minimum Gasteiger partial charge on any atom is -0.492 e. The van der Waals surface area contributed by atoms with E-state index in [0.717, 1.165) is 0 Å². The molecule has 0 radical (unpaired) electrons. The molecule has 21 heavy (non-hydrogen) atoms. The average Bonchev–Trinajstić information content (AvgIpc) is 2.83. The molecule has 9 heteroatoms. The van der Waals surface area contributed by atoms with E-state index >= 15 is 0 Å². The van der Waals surface area contributed by atoms with Gasteiger partial charge < -0.3 is 20.4 Å². The summed E-state index contributed by atoms with van der Waals surface area (Å²) in [5.74, 6) is -0.381. The monoisotopic (exact) mass is 308 g/mol. The number of aliphatic imine (C=N–C) groups is 1. The van der Waals surface area contributed by atoms with Crippen LogP contribution in [-0.4, -0.2) is 32.4 Å². The second-order valence-electron chi connectivity index (χ2n) is 4.04. The molecule has 2 aromatic rings. The number of aromatic hydroxyl groups is 1. The van der Waals surface area contributed by atoms with E-state index in [1.165, 1.54) is 6.21 Å². The van der Waals surface area contributed by atoms with E-state index < -0.39 is 5.97 Å².